The van der Waals surface area contributed by atoms with E-state index in [1.165, 1.54) is 35.6 Å². The Morgan fingerprint density at radius 2 is 1.81 bits per heavy atom. The van der Waals surface area contributed by atoms with E-state index in [9.17, 15) is 13.2 Å². The summed E-state index contributed by atoms with van der Waals surface area (Å²) in [5.41, 5.74) is 1.72. The van der Waals surface area contributed by atoms with Crippen LogP contribution in [0.1, 0.15) is 29.9 Å². The van der Waals surface area contributed by atoms with Crippen LogP contribution in [0.2, 0.25) is 0 Å². The summed E-state index contributed by atoms with van der Waals surface area (Å²) >= 11 is 0. The molecule has 0 aliphatic carbocycles. The molecule has 0 bridgehead atoms. The van der Waals surface area contributed by atoms with Gasteiger partial charge in [0, 0.05) is 36.6 Å². The van der Waals surface area contributed by atoms with Crippen molar-refractivity contribution in [3.05, 3.63) is 84.2 Å². The van der Waals surface area contributed by atoms with Crippen molar-refractivity contribution in [3.8, 4) is 5.75 Å². The van der Waals surface area contributed by atoms with Crippen LogP contribution in [0.15, 0.2) is 77.8 Å². The highest BCUT2D eigenvalue weighted by Crippen LogP contribution is 2.21. The van der Waals surface area contributed by atoms with Crippen molar-refractivity contribution in [2.24, 2.45) is 0 Å². The second-order valence-electron chi connectivity index (χ2n) is 7.23. The van der Waals surface area contributed by atoms with Crippen molar-refractivity contribution in [3.63, 3.8) is 0 Å². The lowest BCUT2D eigenvalue weighted by Gasteiger charge is -2.21. The van der Waals surface area contributed by atoms with Gasteiger partial charge in [-0.2, -0.15) is 4.31 Å². The van der Waals surface area contributed by atoms with Gasteiger partial charge in [-0.25, -0.2) is 8.42 Å². The highest BCUT2D eigenvalue weighted by molar-refractivity contribution is 7.89. The molecule has 7 nitrogen and oxygen atoms in total. The zero-order valence-electron chi connectivity index (χ0n) is 17.6. The van der Waals surface area contributed by atoms with Crippen molar-refractivity contribution in [1.82, 2.24) is 9.29 Å². The number of hydrogen-bond acceptors (Lipinski definition) is 5. The molecule has 3 rings (SSSR count). The lowest BCUT2D eigenvalue weighted by Crippen LogP contribution is -2.33. The standard InChI is InChI=1S/C23H25N3O4S/c1-17(2)26(3)31(28,29)22-12-10-18(11-13-22)23(27)25-19-8-6-9-21(15-19)30-16-20-7-4-5-14-24-20/h4-15,17H,16H2,1-3H3,(H,25,27). The van der Waals surface area contributed by atoms with Gasteiger partial charge in [0.25, 0.3) is 5.91 Å². The molecule has 1 N–H and O–H groups in total. The number of aromatic nitrogens is 1. The lowest BCUT2D eigenvalue weighted by molar-refractivity contribution is 0.102. The SMILES string of the molecule is CC(C)N(C)S(=O)(=O)c1ccc(C(=O)Nc2cccc(OCc3ccccn3)c2)cc1. The Bertz CT molecular complexity index is 1130. The van der Waals surface area contributed by atoms with Crippen molar-refractivity contribution < 1.29 is 17.9 Å². The van der Waals surface area contributed by atoms with E-state index in [1.807, 2.05) is 18.2 Å². The fraction of sp³-hybridized carbons (Fsp3) is 0.217. The molecule has 0 aliphatic rings. The monoisotopic (exact) mass is 439 g/mol. The number of nitrogens with one attached hydrogen (secondary N) is 1. The molecule has 0 radical (unpaired) electrons. The van der Waals surface area contributed by atoms with Gasteiger partial charge in [-0.1, -0.05) is 12.1 Å². The number of carbonyl (C=O) groups is 1. The molecule has 0 unspecified atom stereocenters. The average Bonchev–Trinajstić information content (AvgIpc) is 2.78. The van der Waals surface area contributed by atoms with E-state index in [1.54, 1.807) is 44.3 Å². The minimum absolute atomic E-state index is 0.144. The number of ether oxygens (including phenoxy) is 1. The molecule has 0 aliphatic heterocycles. The van der Waals surface area contributed by atoms with E-state index >= 15 is 0 Å². The van der Waals surface area contributed by atoms with Gasteiger partial charge in [0.05, 0.1) is 10.6 Å². The number of benzene rings is 2. The first-order chi connectivity index (χ1) is 14.8. The van der Waals surface area contributed by atoms with Gasteiger partial charge in [-0.3, -0.25) is 9.78 Å². The van der Waals surface area contributed by atoms with E-state index in [4.69, 9.17) is 4.74 Å². The smallest absolute Gasteiger partial charge is 0.255 e. The summed E-state index contributed by atoms with van der Waals surface area (Å²) in [6.07, 6.45) is 1.70. The van der Waals surface area contributed by atoms with Crippen LogP contribution in [-0.4, -0.2) is 36.7 Å². The maximum atomic E-state index is 12.6. The quantitative estimate of drug-likeness (QED) is 0.574. The Labute approximate surface area is 182 Å². The number of nitrogens with zero attached hydrogens (tertiary/aromatic N) is 2. The third-order valence-electron chi connectivity index (χ3n) is 4.73. The van der Waals surface area contributed by atoms with E-state index in [-0.39, 0.29) is 16.8 Å². The van der Waals surface area contributed by atoms with E-state index in [2.05, 4.69) is 10.3 Å². The molecule has 3 aromatic rings. The minimum atomic E-state index is -3.59. The number of sulfonamides is 1. The van der Waals surface area contributed by atoms with Gasteiger partial charge in [-0.05, 0) is 62.4 Å². The summed E-state index contributed by atoms with van der Waals surface area (Å²) in [6, 6.07) is 18.3. The summed E-state index contributed by atoms with van der Waals surface area (Å²) in [5.74, 6) is 0.254. The van der Waals surface area contributed by atoms with Crippen molar-refractivity contribution >= 4 is 21.6 Å². The van der Waals surface area contributed by atoms with Gasteiger partial charge in [0.2, 0.25) is 10.0 Å². The summed E-state index contributed by atoms with van der Waals surface area (Å²) in [7, 11) is -2.06. The summed E-state index contributed by atoms with van der Waals surface area (Å²) < 4.78 is 32.1. The second kappa shape index (κ2) is 9.72. The molecule has 2 aromatic carbocycles. The van der Waals surface area contributed by atoms with E-state index in [0.29, 0.717) is 23.6 Å². The largest absolute Gasteiger partial charge is 0.487 e. The van der Waals surface area contributed by atoms with Gasteiger partial charge in [0.1, 0.15) is 12.4 Å². The van der Waals surface area contributed by atoms with Gasteiger partial charge in [0.15, 0.2) is 0 Å². The number of carbonyl (C=O) groups excluding carboxylic acids is 1. The number of pyridine rings is 1. The van der Waals surface area contributed by atoms with Gasteiger partial charge >= 0.3 is 0 Å². The third kappa shape index (κ3) is 5.68. The van der Waals surface area contributed by atoms with Crippen LogP contribution >= 0.6 is 0 Å². The van der Waals surface area contributed by atoms with Gasteiger partial charge < -0.3 is 10.1 Å². The molecule has 0 atom stereocenters. The molecule has 31 heavy (non-hydrogen) atoms. The molecule has 1 aromatic heterocycles. The number of anilines is 1. The first-order valence-electron chi connectivity index (χ1n) is 9.79. The Balaban J connectivity index is 1.66. The Hall–Kier alpha value is -3.23. The first kappa shape index (κ1) is 22.5. The van der Waals surface area contributed by atoms with E-state index < -0.39 is 10.0 Å². The van der Waals surface area contributed by atoms with Crippen LogP contribution in [0.4, 0.5) is 5.69 Å². The van der Waals surface area contributed by atoms with Crippen LogP contribution in [0.5, 0.6) is 5.75 Å². The summed E-state index contributed by atoms with van der Waals surface area (Å²) in [6.45, 7) is 3.92. The van der Waals surface area contributed by atoms with Crippen LogP contribution in [0.3, 0.4) is 0 Å². The molecule has 1 amide bonds. The molecule has 0 saturated carbocycles. The molecule has 8 heteroatoms. The predicted molar refractivity (Wildman–Crippen MR) is 119 cm³/mol. The van der Waals surface area contributed by atoms with E-state index in [0.717, 1.165) is 5.69 Å². The Morgan fingerprint density at radius 1 is 1.06 bits per heavy atom. The number of amides is 1. The molecule has 0 spiro atoms. The fourth-order valence-electron chi connectivity index (χ4n) is 2.73. The lowest BCUT2D eigenvalue weighted by atomic mass is 10.2. The molecule has 162 valence electrons. The third-order valence-corrected chi connectivity index (χ3v) is 6.77. The molecule has 0 fully saturated rings. The normalized spacial score (nSPS) is 11.5. The van der Waals surface area contributed by atoms with Crippen LogP contribution in [-0.2, 0) is 16.6 Å². The number of hydrogen-bond donors (Lipinski definition) is 1. The summed E-state index contributed by atoms with van der Waals surface area (Å²) in [4.78, 5) is 16.9. The predicted octanol–water partition coefficient (Wildman–Crippen LogP) is 3.94. The molecule has 0 saturated heterocycles. The van der Waals surface area contributed by atoms with Crippen LogP contribution < -0.4 is 10.1 Å². The Morgan fingerprint density at radius 3 is 2.45 bits per heavy atom. The number of rotatable bonds is 8. The maximum absolute atomic E-state index is 12.6. The topological polar surface area (TPSA) is 88.6 Å². The van der Waals surface area contributed by atoms with Crippen molar-refractivity contribution in [2.75, 3.05) is 12.4 Å². The van der Waals surface area contributed by atoms with Crippen LogP contribution in [0, 0.1) is 0 Å². The highest BCUT2D eigenvalue weighted by atomic mass is 32.2. The molecular formula is C23H25N3O4S. The highest BCUT2D eigenvalue weighted by Gasteiger charge is 2.23. The second-order valence-corrected chi connectivity index (χ2v) is 9.23. The molecular weight excluding hydrogens is 414 g/mol. The Kier molecular flexibility index (Phi) is 7.04. The van der Waals surface area contributed by atoms with Crippen molar-refractivity contribution in [1.29, 1.82) is 0 Å². The zero-order valence-corrected chi connectivity index (χ0v) is 18.5. The fourth-order valence-corrected chi connectivity index (χ4v) is 4.10. The van der Waals surface area contributed by atoms with Crippen LogP contribution in [0.25, 0.3) is 0 Å². The average molecular weight is 440 g/mol. The molecule has 1 heterocycles. The van der Waals surface area contributed by atoms with Crippen molar-refractivity contribution in [2.45, 2.75) is 31.4 Å². The first-order valence-corrected chi connectivity index (χ1v) is 11.2. The zero-order chi connectivity index (χ0) is 22.4. The summed E-state index contributed by atoms with van der Waals surface area (Å²) in [5, 5.41) is 2.80. The maximum Gasteiger partial charge on any atom is 0.255 e. The minimum Gasteiger partial charge on any atom is -0.487 e. The van der Waals surface area contributed by atoms with Gasteiger partial charge in [-0.15, -0.1) is 0 Å².